The molecule has 1 N–H and O–H groups in total. The molecule has 0 spiro atoms. The molecular formula is C19H28O3. The predicted octanol–water partition coefficient (Wildman–Crippen LogP) is 4.82. The topological polar surface area (TPSA) is 46.5 Å². The number of unbranched alkanes of at least 4 members (excludes halogenated alkanes) is 5. The highest BCUT2D eigenvalue weighted by molar-refractivity contribution is 5.89. The second kappa shape index (κ2) is 10.9. The lowest BCUT2D eigenvalue weighted by molar-refractivity contribution is -0.114. The van der Waals surface area contributed by atoms with E-state index in [0.29, 0.717) is 18.6 Å². The molecule has 0 aliphatic rings. The molecule has 22 heavy (non-hydrogen) atoms. The van der Waals surface area contributed by atoms with E-state index in [1.165, 1.54) is 39.2 Å². The largest absolute Gasteiger partial charge is 0.504 e. The summed E-state index contributed by atoms with van der Waals surface area (Å²) < 4.78 is 5.06. The van der Waals surface area contributed by atoms with Crippen LogP contribution in [-0.2, 0) is 11.2 Å². The molecule has 3 heteroatoms. The van der Waals surface area contributed by atoms with E-state index in [1.807, 2.05) is 12.1 Å². The fraction of sp³-hybridized carbons (Fsp3) is 0.526. The number of aromatic hydroxyl groups is 1. The Morgan fingerprint density at radius 1 is 1.23 bits per heavy atom. The van der Waals surface area contributed by atoms with Gasteiger partial charge in [0, 0.05) is 6.42 Å². The molecule has 1 rings (SSSR count). The first-order valence-corrected chi connectivity index (χ1v) is 8.22. The number of benzene rings is 1. The minimum Gasteiger partial charge on any atom is -0.504 e. The molecule has 0 heterocycles. The van der Waals surface area contributed by atoms with Crippen LogP contribution in [0.15, 0.2) is 30.4 Å². The summed E-state index contributed by atoms with van der Waals surface area (Å²) in [7, 11) is 1.52. The smallest absolute Gasteiger partial charge is 0.160 e. The Bertz CT molecular complexity index is 478. The van der Waals surface area contributed by atoms with Gasteiger partial charge in [0.25, 0.3) is 0 Å². The van der Waals surface area contributed by atoms with Crippen LogP contribution in [0.2, 0.25) is 0 Å². The van der Waals surface area contributed by atoms with Gasteiger partial charge in [-0.25, -0.2) is 0 Å². The molecule has 3 nitrogen and oxygen atoms in total. The quantitative estimate of drug-likeness (QED) is 0.471. The Labute approximate surface area is 134 Å². The van der Waals surface area contributed by atoms with Gasteiger partial charge in [0.05, 0.1) is 7.11 Å². The Hall–Kier alpha value is -1.77. The van der Waals surface area contributed by atoms with Gasteiger partial charge >= 0.3 is 0 Å². The van der Waals surface area contributed by atoms with Gasteiger partial charge in [0.15, 0.2) is 17.3 Å². The number of aryl methyl sites for hydroxylation is 1. The van der Waals surface area contributed by atoms with Crippen molar-refractivity contribution in [1.82, 2.24) is 0 Å². The van der Waals surface area contributed by atoms with Crippen molar-refractivity contribution < 1.29 is 14.6 Å². The maximum atomic E-state index is 11.8. The van der Waals surface area contributed by atoms with Gasteiger partial charge in [-0.15, -0.1) is 0 Å². The van der Waals surface area contributed by atoms with Crippen LogP contribution in [-0.4, -0.2) is 18.0 Å². The monoisotopic (exact) mass is 304 g/mol. The summed E-state index contributed by atoms with van der Waals surface area (Å²) in [6.07, 6.45) is 12.1. The number of allylic oxidation sites excluding steroid dienone is 2. The van der Waals surface area contributed by atoms with E-state index in [-0.39, 0.29) is 11.5 Å². The van der Waals surface area contributed by atoms with Crippen LogP contribution >= 0.6 is 0 Å². The molecule has 1 aromatic carbocycles. The Balaban J connectivity index is 2.25. The number of hydrogen-bond donors (Lipinski definition) is 1. The highest BCUT2D eigenvalue weighted by Gasteiger charge is 2.04. The third-order valence-corrected chi connectivity index (χ3v) is 3.68. The normalized spacial score (nSPS) is 11.0. The summed E-state index contributed by atoms with van der Waals surface area (Å²) in [5.74, 6) is 0.730. The van der Waals surface area contributed by atoms with E-state index < -0.39 is 0 Å². The number of methoxy groups -OCH3 is 1. The molecule has 0 fully saturated rings. The number of hydrogen-bond acceptors (Lipinski definition) is 3. The third kappa shape index (κ3) is 7.30. The maximum absolute atomic E-state index is 11.8. The lowest BCUT2D eigenvalue weighted by atomic mass is 10.1. The van der Waals surface area contributed by atoms with Crippen LogP contribution < -0.4 is 4.74 Å². The second-order valence-electron chi connectivity index (χ2n) is 5.58. The zero-order chi connectivity index (χ0) is 16.2. The van der Waals surface area contributed by atoms with E-state index in [2.05, 4.69) is 6.92 Å². The Kier molecular flexibility index (Phi) is 9.04. The molecule has 1 aromatic rings. The van der Waals surface area contributed by atoms with E-state index in [1.54, 1.807) is 18.2 Å². The minimum atomic E-state index is 0.126. The molecule has 0 aliphatic carbocycles. The summed E-state index contributed by atoms with van der Waals surface area (Å²) in [6, 6.07) is 5.20. The highest BCUT2D eigenvalue weighted by Crippen LogP contribution is 2.26. The van der Waals surface area contributed by atoms with Gasteiger partial charge < -0.3 is 9.84 Å². The first kappa shape index (κ1) is 18.3. The molecule has 122 valence electrons. The van der Waals surface area contributed by atoms with Crippen molar-refractivity contribution >= 4 is 5.78 Å². The van der Waals surface area contributed by atoms with E-state index >= 15 is 0 Å². The van der Waals surface area contributed by atoms with Gasteiger partial charge in [-0.3, -0.25) is 4.79 Å². The van der Waals surface area contributed by atoms with Crippen LogP contribution in [0.1, 0.15) is 57.4 Å². The maximum Gasteiger partial charge on any atom is 0.160 e. The molecule has 0 unspecified atom stereocenters. The summed E-state index contributed by atoms with van der Waals surface area (Å²) in [5, 5.41) is 9.53. The second-order valence-corrected chi connectivity index (χ2v) is 5.58. The first-order chi connectivity index (χ1) is 10.7. The van der Waals surface area contributed by atoms with Gasteiger partial charge in [0.2, 0.25) is 0 Å². The number of ketones is 1. The summed E-state index contributed by atoms with van der Waals surface area (Å²) in [6.45, 7) is 2.21. The lowest BCUT2D eigenvalue weighted by Crippen LogP contribution is -1.96. The highest BCUT2D eigenvalue weighted by atomic mass is 16.5. The van der Waals surface area contributed by atoms with Gasteiger partial charge in [-0.05, 0) is 43.0 Å². The van der Waals surface area contributed by atoms with Gasteiger partial charge in [-0.2, -0.15) is 0 Å². The molecule has 0 aromatic heterocycles. The zero-order valence-electron chi connectivity index (χ0n) is 13.8. The van der Waals surface area contributed by atoms with Crippen LogP contribution in [0.5, 0.6) is 11.5 Å². The number of carbonyl (C=O) groups excluding carboxylic acids is 1. The third-order valence-electron chi connectivity index (χ3n) is 3.68. The van der Waals surface area contributed by atoms with E-state index in [0.717, 1.165) is 12.0 Å². The minimum absolute atomic E-state index is 0.126. The van der Waals surface area contributed by atoms with Crippen LogP contribution in [0.3, 0.4) is 0 Å². The fourth-order valence-electron chi connectivity index (χ4n) is 2.31. The molecule has 0 bridgehead atoms. The molecule has 0 radical (unpaired) electrons. The number of rotatable bonds is 11. The van der Waals surface area contributed by atoms with Crippen molar-refractivity contribution in [3.63, 3.8) is 0 Å². The van der Waals surface area contributed by atoms with Crippen molar-refractivity contribution in [2.75, 3.05) is 7.11 Å². The van der Waals surface area contributed by atoms with Crippen LogP contribution in [0.4, 0.5) is 0 Å². The van der Waals surface area contributed by atoms with Crippen molar-refractivity contribution in [2.24, 2.45) is 0 Å². The summed E-state index contributed by atoms with van der Waals surface area (Å²) >= 11 is 0. The van der Waals surface area contributed by atoms with Crippen molar-refractivity contribution in [2.45, 2.75) is 58.3 Å². The fourth-order valence-corrected chi connectivity index (χ4v) is 2.31. The van der Waals surface area contributed by atoms with Gasteiger partial charge in [-0.1, -0.05) is 44.7 Å². The van der Waals surface area contributed by atoms with Crippen LogP contribution in [0.25, 0.3) is 0 Å². The first-order valence-electron chi connectivity index (χ1n) is 8.22. The number of carbonyl (C=O) groups is 1. The Morgan fingerprint density at radius 2 is 2.00 bits per heavy atom. The number of phenols is 1. The molecule has 0 atom stereocenters. The molecule has 0 aliphatic heterocycles. The zero-order valence-corrected chi connectivity index (χ0v) is 13.8. The molecule has 0 amide bonds. The lowest BCUT2D eigenvalue weighted by Gasteiger charge is -2.05. The van der Waals surface area contributed by atoms with E-state index in [4.69, 9.17) is 4.74 Å². The van der Waals surface area contributed by atoms with Crippen molar-refractivity contribution in [1.29, 1.82) is 0 Å². The van der Waals surface area contributed by atoms with Crippen LogP contribution in [0, 0.1) is 0 Å². The van der Waals surface area contributed by atoms with Gasteiger partial charge in [0.1, 0.15) is 0 Å². The predicted molar refractivity (Wildman–Crippen MR) is 90.5 cm³/mol. The molecular weight excluding hydrogens is 276 g/mol. The molecule has 0 saturated carbocycles. The summed E-state index contributed by atoms with van der Waals surface area (Å²) in [5.41, 5.74) is 0.996. The molecule has 0 saturated heterocycles. The number of phenolic OH excluding ortho intramolecular Hbond substituents is 1. The SMILES string of the molecule is CCCCCCC/C=C\C(=O)CCc1ccc(O)c(OC)c1. The Morgan fingerprint density at radius 3 is 2.73 bits per heavy atom. The summed E-state index contributed by atoms with van der Waals surface area (Å²) in [4.78, 5) is 11.8. The van der Waals surface area contributed by atoms with Crippen molar-refractivity contribution in [3.8, 4) is 11.5 Å². The standard InChI is InChI=1S/C19H28O3/c1-3-4-5-6-7-8-9-10-17(20)13-11-16-12-14-18(21)19(15-16)22-2/h9-10,12,14-15,21H,3-8,11,13H2,1-2H3/b10-9-. The average molecular weight is 304 g/mol. The average Bonchev–Trinajstić information content (AvgIpc) is 2.53. The van der Waals surface area contributed by atoms with Crippen molar-refractivity contribution in [3.05, 3.63) is 35.9 Å². The van der Waals surface area contributed by atoms with E-state index in [9.17, 15) is 9.90 Å². The number of ether oxygens (including phenoxy) is 1.